The van der Waals surface area contributed by atoms with Crippen molar-refractivity contribution in [3.05, 3.63) is 29.3 Å². The number of ether oxygens (including phenoxy) is 1. The summed E-state index contributed by atoms with van der Waals surface area (Å²) >= 11 is 0. The van der Waals surface area contributed by atoms with Gasteiger partial charge in [-0.25, -0.2) is 0 Å². The van der Waals surface area contributed by atoms with Gasteiger partial charge < -0.3 is 20.1 Å². The number of aryl methyl sites for hydroxylation is 1. The highest BCUT2D eigenvalue weighted by molar-refractivity contribution is 5.54. The van der Waals surface area contributed by atoms with Crippen molar-refractivity contribution in [2.24, 2.45) is 0 Å². The van der Waals surface area contributed by atoms with Gasteiger partial charge in [-0.15, -0.1) is 0 Å². The van der Waals surface area contributed by atoms with Gasteiger partial charge >= 0.3 is 0 Å². The van der Waals surface area contributed by atoms with Gasteiger partial charge in [0.1, 0.15) is 0 Å². The Labute approximate surface area is 121 Å². The molecule has 0 saturated carbocycles. The Bertz CT molecular complexity index is 442. The number of anilines is 1. The molecule has 1 heterocycles. The first-order valence-corrected chi connectivity index (χ1v) is 7.29. The summed E-state index contributed by atoms with van der Waals surface area (Å²) in [5, 5.41) is 13.9. The molecule has 1 fully saturated rings. The van der Waals surface area contributed by atoms with Crippen LogP contribution in [0.5, 0.6) is 0 Å². The highest BCUT2D eigenvalue weighted by Gasteiger charge is 2.31. The van der Waals surface area contributed by atoms with Crippen LogP contribution in [0.4, 0.5) is 5.69 Å². The van der Waals surface area contributed by atoms with Crippen molar-refractivity contribution in [1.82, 2.24) is 5.32 Å². The lowest BCUT2D eigenvalue weighted by Gasteiger charge is -2.37. The maximum atomic E-state index is 10.6. The first kappa shape index (κ1) is 15.3. The van der Waals surface area contributed by atoms with Crippen molar-refractivity contribution >= 4 is 5.69 Å². The van der Waals surface area contributed by atoms with Gasteiger partial charge in [0, 0.05) is 51.9 Å². The lowest BCUT2D eigenvalue weighted by Crippen LogP contribution is -2.46. The van der Waals surface area contributed by atoms with Crippen molar-refractivity contribution in [2.45, 2.75) is 31.9 Å². The predicted molar refractivity (Wildman–Crippen MR) is 82.2 cm³/mol. The Kier molecular flexibility index (Phi) is 5.02. The van der Waals surface area contributed by atoms with Gasteiger partial charge in [-0.3, -0.25) is 0 Å². The SMILES string of the molecule is CNCc1cc(C)ccc1N(C)CC1(O)CCOCC1. The van der Waals surface area contributed by atoms with E-state index in [0.717, 1.165) is 6.54 Å². The van der Waals surface area contributed by atoms with Crippen LogP contribution in [-0.2, 0) is 11.3 Å². The van der Waals surface area contributed by atoms with Crippen molar-refractivity contribution in [2.75, 3.05) is 38.8 Å². The number of hydrogen-bond acceptors (Lipinski definition) is 4. The molecule has 0 amide bonds. The van der Waals surface area contributed by atoms with Crippen molar-refractivity contribution in [1.29, 1.82) is 0 Å². The number of nitrogens with one attached hydrogen (secondary N) is 1. The van der Waals surface area contributed by atoms with Crippen LogP contribution in [0.15, 0.2) is 18.2 Å². The summed E-state index contributed by atoms with van der Waals surface area (Å²) in [5.41, 5.74) is 3.09. The smallest absolute Gasteiger partial charge is 0.0865 e. The standard InChI is InChI=1S/C16H26N2O2/c1-13-4-5-15(14(10-13)11-17-2)18(3)12-16(19)6-8-20-9-7-16/h4-5,10,17,19H,6-9,11-12H2,1-3H3. The van der Waals surface area contributed by atoms with Crippen molar-refractivity contribution in [3.63, 3.8) is 0 Å². The van der Waals surface area contributed by atoms with E-state index in [9.17, 15) is 5.11 Å². The van der Waals surface area contributed by atoms with Crippen LogP contribution in [0, 0.1) is 6.92 Å². The summed E-state index contributed by atoms with van der Waals surface area (Å²) in [6.07, 6.45) is 1.43. The molecule has 0 radical (unpaired) electrons. The molecule has 20 heavy (non-hydrogen) atoms. The molecule has 4 heteroatoms. The molecule has 112 valence electrons. The fourth-order valence-electron chi connectivity index (χ4n) is 2.85. The van der Waals surface area contributed by atoms with E-state index in [2.05, 4.69) is 42.4 Å². The molecule has 1 aromatic carbocycles. The monoisotopic (exact) mass is 278 g/mol. The second kappa shape index (κ2) is 6.57. The zero-order chi connectivity index (χ0) is 14.6. The van der Waals surface area contributed by atoms with Crippen LogP contribution in [-0.4, -0.2) is 44.6 Å². The summed E-state index contributed by atoms with van der Waals surface area (Å²) in [6, 6.07) is 6.47. The van der Waals surface area contributed by atoms with E-state index < -0.39 is 5.60 Å². The second-order valence-electron chi connectivity index (χ2n) is 5.86. The number of aliphatic hydroxyl groups is 1. The minimum Gasteiger partial charge on any atom is -0.388 e. The molecule has 1 saturated heterocycles. The average molecular weight is 278 g/mol. The van der Waals surface area contributed by atoms with E-state index in [0.29, 0.717) is 32.6 Å². The highest BCUT2D eigenvalue weighted by atomic mass is 16.5. The van der Waals surface area contributed by atoms with Crippen LogP contribution >= 0.6 is 0 Å². The van der Waals surface area contributed by atoms with Gasteiger partial charge in [-0.1, -0.05) is 17.7 Å². The van der Waals surface area contributed by atoms with E-state index in [4.69, 9.17) is 4.74 Å². The maximum absolute atomic E-state index is 10.6. The number of nitrogens with zero attached hydrogens (tertiary/aromatic N) is 1. The summed E-state index contributed by atoms with van der Waals surface area (Å²) < 4.78 is 5.34. The zero-order valence-corrected chi connectivity index (χ0v) is 12.8. The van der Waals surface area contributed by atoms with Crippen molar-refractivity contribution < 1.29 is 9.84 Å². The Morgan fingerprint density at radius 3 is 2.70 bits per heavy atom. The van der Waals surface area contributed by atoms with Crippen LogP contribution in [0.3, 0.4) is 0 Å². The molecule has 1 aromatic rings. The van der Waals surface area contributed by atoms with Crippen LogP contribution in [0.1, 0.15) is 24.0 Å². The van der Waals surface area contributed by atoms with Gasteiger partial charge in [-0.2, -0.15) is 0 Å². The van der Waals surface area contributed by atoms with Gasteiger partial charge in [0.25, 0.3) is 0 Å². The molecule has 0 aromatic heterocycles. The van der Waals surface area contributed by atoms with Crippen LogP contribution in [0.2, 0.25) is 0 Å². The first-order chi connectivity index (χ1) is 9.54. The maximum Gasteiger partial charge on any atom is 0.0865 e. The van der Waals surface area contributed by atoms with E-state index in [1.807, 2.05) is 7.05 Å². The molecule has 0 spiro atoms. The third kappa shape index (κ3) is 3.72. The lowest BCUT2D eigenvalue weighted by atomic mass is 9.93. The average Bonchev–Trinajstić information content (AvgIpc) is 2.39. The highest BCUT2D eigenvalue weighted by Crippen LogP contribution is 2.26. The third-order valence-corrected chi connectivity index (χ3v) is 3.97. The van der Waals surface area contributed by atoms with E-state index in [1.54, 1.807) is 0 Å². The fourth-order valence-corrected chi connectivity index (χ4v) is 2.85. The number of rotatable bonds is 5. The largest absolute Gasteiger partial charge is 0.388 e. The molecule has 0 atom stereocenters. The fraction of sp³-hybridized carbons (Fsp3) is 0.625. The van der Waals surface area contributed by atoms with Crippen molar-refractivity contribution in [3.8, 4) is 0 Å². The lowest BCUT2D eigenvalue weighted by molar-refractivity contribution is -0.0572. The molecule has 0 aliphatic carbocycles. The second-order valence-corrected chi connectivity index (χ2v) is 5.86. The number of likely N-dealkylation sites (N-methyl/N-ethyl adjacent to an activating group) is 1. The van der Waals surface area contributed by atoms with Gasteiger partial charge in [0.15, 0.2) is 0 Å². The molecule has 2 rings (SSSR count). The third-order valence-electron chi connectivity index (χ3n) is 3.97. The molecule has 0 unspecified atom stereocenters. The Morgan fingerprint density at radius 2 is 2.05 bits per heavy atom. The van der Waals surface area contributed by atoms with E-state index >= 15 is 0 Å². The normalized spacial score (nSPS) is 18.0. The molecule has 1 aliphatic rings. The quantitative estimate of drug-likeness (QED) is 0.860. The summed E-state index contributed by atoms with van der Waals surface area (Å²) in [6.45, 7) is 4.90. The Hall–Kier alpha value is -1.10. The molecular weight excluding hydrogens is 252 g/mol. The summed E-state index contributed by atoms with van der Waals surface area (Å²) in [4.78, 5) is 2.16. The minimum absolute atomic E-state index is 0.630. The molecule has 0 bridgehead atoms. The van der Waals surface area contributed by atoms with Gasteiger partial charge in [0.2, 0.25) is 0 Å². The Morgan fingerprint density at radius 1 is 1.35 bits per heavy atom. The predicted octanol–water partition coefficient (Wildman–Crippen LogP) is 1.69. The van der Waals surface area contributed by atoms with Gasteiger partial charge in [-0.05, 0) is 25.6 Å². The summed E-state index contributed by atoms with van der Waals surface area (Å²) in [5.74, 6) is 0. The number of benzene rings is 1. The number of hydrogen-bond donors (Lipinski definition) is 2. The van der Waals surface area contributed by atoms with Gasteiger partial charge in [0.05, 0.1) is 5.60 Å². The van der Waals surface area contributed by atoms with E-state index in [-0.39, 0.29) is 0 Å². The summed E-state index contributed by atoms with van der Waals surface area (Å²) in [7, 11) is 4.01. The molecule has 1 aliphatic heterocycles. The molecule has 2 N–H and O–H groups in total. The first-order valence-electron chi connectivity index (χ1n) is 7.29. The van der Waals surface area contributed by atoms with E-state index in [1.165, 1.54) is 16.8 Å². The van der Waals surface area contributed by atoms with Crippen LogP contribution < -0.4 is 10.2 Å². The van der Waals surface area contributed by atoms with Crippen LogP contribution in [0.25, 0.3) is 0 Å². The molecular formula is C16H26N2O2. The zero-order valence-electron chi connectivity index (χ0n) is 12.8. The molecule has 4 nitrogen and oxygen atoms in total. The topological polar surface area (TPSA) is 44.7 Å². The minimum atomic E-state index is -0.630. The Balaban J connectivity index is 2.13.